The number of carbonyl (C=O) groups is 1. The van der Waals surface area contributed by atoms with Gasteiger partial charge in [0, 0.05) is 13.1 Å². The maximum atomic E-state index is 11.6. The highest BCUT2D eigenvalue weighted by Crippen LogP contribution is 2.29. The number of urea groups is 1. The van der Waals surface area contributed by atoms with Crippen LogP contribution < -0.4 is 0 Å². The van der Waals surface area contributed by atoms with E-state index >= 15 is 0 Å². The van der Waals surface area contributed by atoms with Crippen LogP contribution in [0, 0.1) is 5.92 Å². The molecule has 2 amide bonds. The molecule has 2 aliphatic heterocycles. The molecule has 2 fully saturated rings. The zero-order valence-corrected chi connectivity index (χ0v) is 8.98. The minimum absolute atomic E-state index is 0.289. The van der Waals surface area contributed by atoms with Gasteiger partial charge in [-0.2, -0.15) is 13.5 Å². The zero-order valence-electron chi connectivity index (χ0n) is 8.16. The summed E-state index contributed by atoms with van der Waals surface area (Å²) in [6, 6.07) is -0.787. The van der Waals surface area contributed by atoms with Crippen LogP contribution in [0.2, 0.25) is 0 Å². The third kappa shape index (κ3) is 2.06. The van der Waals surface area contributed by atoms with Crippen LogP contribution >= 0.6 is 0 Å². The number of nitrogens with zero attached hydrogens (tertiary/aromatic N) is 2. The van der Waals surface area contributed by atoms with Crippen LogP contribution in [0.15, 0.2) is 0 Å². The molecule has 2 aliphatic rings. The lowest BCUT2D eigenvalue weighted by molar-refractivity contribution is -0.0340. The van der Waals surface area contributed by atoms with Gasteiger partial charge in [-0.1, -0.05) is 6.92 Å². The molecule has 0 spiro atoms. The summed E-state index contributed by atoms with van der Waals surface area (Å²) in [6.45, 7) is 3.03. The largest absolute Gasteiger partial charge is 0.418 e. The third-order valence-corrected chi connectivity index (χ3v) is 2.95. The SMILES string of the molecule is CC1CC2CN(C1)C(=O)N2OS(=O)(=O)O. The van der Waals surface area contributed by atoms with E-state index in [1.54, 1.807) is 0 Å². The predicted octanol–water partition coefficient (Wildman–Crippen LogP) is -0.133. The lowest BCUT2D eigenvalue weighted by Gasteiger charge is -2.25. The molecule has 0 saturated carbocycles. The van der Waals surface area contributed by atoms with Gasteiger partial charge in [-0.15, -0.1) is 4.28 Å². The van der Waals surface area contributed by atoms with Crippen molar-refractivity contribution in [1.29, 1.82) is 0 Å². The van der Waals surface area contributed by atoms with Crippen molar-refractivity contribution in [2.24, 2.45) is 5.92 Å². The summed E-state index contributed by atoms with van der Waals surface area (Å²) in [4.78, 5) is 13.1. The van der Waals surface area contributed by atoms with Crippen molar-refractivity contribution in [2.45, 2.75) is 19.4 Å². The van der Waals surface area contributed by atoms with Crippen molar-refractivity contribution in [3.63, 3.8) is 0 Å². The molecule has 2 saturated heterocycles. The van der Waals surface area contributed by atoms with Gasteiger partial charge in [0.25, 0.3) is 0 Å². The lowest BCUT2D eigenvalue weighted by Crippen LogP contribution is -2.36. The van der Waals surface area contributed by atoms with E-state index in [0.29, 0.717) is 25.4 Å². The Morgan fingerprint density at radius 3 is 2.73 bits per heavy atom. The van der Waals surface area contributed by atoms with Crippen LogP contribution in [-0.2, 0) is 14.7 Å². The van der Waals surface area contributed by atoms with Crippen molar-refractivity contribution in [2.75, 3.05) is 13.1 Å². The normalized spacial score (nSPS) is 31.2. The van der Waals surface area contributed by atoms with Crippen LogP contribution in [0.1, 0.15) is 13.3 Å². The molecular weight excluding hydrogens is 224 g/mol. The Balaban J connectivity index is 2.17. The standard InChI is InChI=1S/C7H12N2O5S/c1-5-2-6-4-8(3-5)7(10)9(6)14-15(11,12)13/h5-6H,2-4H2,1H3,(H,11,12,13). The molecular formula is C7H12N2O5S. The smallest absolute Gasteiger partial charge is 0.320 e. The van der Waals surface area contributed by atoms with Crippen LogP contribution in [0.4, 0.5) is 4.79 Å². The van der Waals surface area contributed by atoms with Crippen molar-refractivity contribution in [3.05, 3.63) is 0 Å². The molecule has 2 bridgehead atoms. The zero-order chi connectivity index (χ0) is 11.2. The molecule has 1 N–H and O–H groups in total. The van der Waals surface area contributed by atoms with Gasteiger partial charge in [-0.3, -0.25) is 4.55 Å². The molecule has 8 heteroatoms. The first-order valence-corrected chi connectivity index (χ1v) is 5.98. The van der Waals surface area contributed by atoms with Crippen molar-refractivity contribution in [3.8, 4) is 0 Å². The van der Waals surface area contributed by atoms with Gasteiger partial charge >= 0.3 is 16.4 Å². The summed E-state index contributed by atoms with van der Waals surface area (Å²) in [6.07, 6.45) is 0.678. The first-order valence-electron chi connectivity index (χ1n) is 4.62. The fourth-order valence-electron chi connectivity index (χ4n) is 2.13. The quantitative estimate of drug-likeness (QED) is 0.675. The molecule has 86 valence electrons. The van der Waals surface area contributed by atoms with E-state index in [4.69, 9.17) is 4.55 Å². The molecule has 0 aromatic rings. The molecule has 0 aliphatic carbocycles. The first-order chi connectivity index (χ1) is 6.87. The van der Waals surface area contributed by atoms with Gasteiger partial charge in [0.05, 0.1) is 6.04 Å². The molecule has 15 heavy (non-hydrogen) atoms. The van der Waals surface area contributed by atoms with Crippen molar-refractivity contribution < 1.29 is 22.0 Å². The Kier molecular flexibility index (Phi) is 2.36. The molecule has 7 nitrogen and oxygen atoms in total. The van der Waals surface area contributed by atoms with Gasteiger partial charge in [-0.25, -0.2) is 4.79 Å². The van der Waals surface area contributed by atoms with Crippen LogP contribution in [0.5, 0.6) is 0 Å². The summed E-state index contributed by atoms with van der Waals surface area (Å²) in [5.41, 5.74) is 0. The van der Waals surface area contributed by atoms with E-state index in [2.05, 4.69) is 4.28 Å². The molecule has 2 unspecified atom stereocenters. The van der Waals surface area contributed by atoms with Gasteiger partial charge in [0.1, 0.15) is 0 Å². The molecule has 0 aromatic heterocycles. The average Bonchev–Trinajstić information content (AvgIpc) is 2.27. The summed E-state index contributed by atoms with van der Waals surface area (Å²) in [7, 11) is -4.62. The van der Waals surface area contributed by atoms with E-state index in [1.165, 1.54) is 4.90 Å². The number of carbonyl (C=O) groups excluding carboxylic acids is 1. The summed E-state index contributed by atoms with van der Waals surface area (Å²) in [5, 5.41) is 0.749. The van der Waals surface area contributed by atoms with Crippen molar-refractivity contribution >= 4 is 16.4 Å². The fourth-order valence-corrected chi connectivity index (χ4v) is 2.52. The second-order valence-corrected chi connectivity index (χ2v) is 5.01. The second kappa shape index (κ2) is 3.32. The van der Waals surface area contributed by atoms with Gasteiger partial charge < -0.3 is 4.90 Å². The number of amides is 2. The van der Waals surface area contributed by atoms with Gasteiger partial charge in [0.2, 0.25) is 0 Å². The average molecular weight is 236 g/mol. The summed E-state index contributed by atoms with van der Waals surface area (Å²) in [5.74, 6) is 0.308. The molecule has 2 atom stereocenters. The van der Waals surface area contributed by atoms with Gasteiger partial charge in [-0.05, 0) is 12.3 Å². The minimum atomic E-state index is -4.62. The van der Waals surface area contributed by atoms with Crippen LogP contribution in [0.3, 0.4) is 0 Å². The lowest BCUT2D eigenvalue weighted by atomic mass is 9.98. The van der Waals surface area contributed by atoms with E-state index in [1.807, 2.05) is 6.92 Å². The Morgan fingerprint density at radius 2 is 2.13 bits per heavy atom. The van der Waals surface area contributed by atoms with Crippen molar-refractivity contribution in [1.82, 2.24) is 9.96 Å². The number of hydrogen-bond acceptors (Lipinski definition) is 4. The predicted molar refractivity (Wildman–Crippen MR) is 49.0 cm³/mol. The number of hydrogen-bond donors (Lipinski definition) is 1. The van der Waals surface area contributed by atoms with E-state index in [0.717, 1.165) is 5.06 Å². The third-order valence-electron chi connectivity index (χ3n) is 2.60. The minimum Gasteiger partial charge on any atom is -0.320 e. The fraction of sp³-hybridized carbons (Fsp3) is 0.857. The molecule has 2 heterocycles. The Hall–Kier alpha value is -0.860. The highest BCUT2D eigenvalue weighted by molar-refractivity contribution is 7.80. The summed E-state index contributed by atoms with van der Waals surface area (Å²) < 4.78 is 33.8. The van der Waals surface area contributed by atoms with Crippen LogP contribution in [0.25, 0.3) is 0 Å². The maximum absolute atomic E-state index is 11.6. The van der Waals surface area contributed by atoms with E-state index in [9.17, 15) is 13.2 Å². The molecule has 2 rings (SSSR count). The summed E-state index contributed by atoms with van der Waals surface area (Å²) >= 11 is 0. The highest BCUT2D eigenvalue weighted by Gasteiger charge is 2.45. The van der Waals surface area contributed by atoms with E-state index in [-0.39, 0.29) is 6.04 Å². The van der Waals surface area contributed by atoms with E-state index < -0.39 is 16.4 Å². The van der Waals surface area contributed by atoms with Gasteiger partial charge in [0.15, 0.2) is 0 Å². The molecule has 0 radical (unpaired) electrons. The molecule has 0 aromatic carbocycles. The van der Waals surface area contributed by atoms with Crippen LogP contribution in [-0.4, -0.2) is 48.1 Å². The topological polar surface area (TPSA) is 87.2 Å². The number of hydroxylamine groups is 2. The maximum Gasteiger partial charge on any atom is 0.418 e. The Bertz CT molecular complexity index is 381. The second-order valence-electron chi connectivity index (χ2n) is 4.01. The highest BCUT2D eigenvalue weighted by atomic mass is 32.3. The number of fused-ring (bicyclic) bond motifs is 2. The Labute approximate surface area is 87.5 Å². The number of rotatable bonds is 2. The Morgan fingerprint density at radius 1 is 1.47 bits per heavy atom. The number of piperidine rings is 1. The first kappa shape index (κ1) is 10.7. The monoisotopic (exact) mass is 236 g/mol.